The molecule has 29 heavy (non-hydrogen) atoms. The molecule has 1 atom stereocenters. The molecule has 5 nitrogen and oxygen atoms in total. The first-order chi connectivity index (χ1) is 14.1. The Bertz CT molecular complexity index is 1030. The lowest BCUT2D eigenvalue weighted by atomic mass is 10.1. The van der Waals surface area contributed by atoms with Gasteiger partial charge in [0.1, 0.15) is 0 Å². The fraction of sp³-hybridized carbons (Fsp3) is 0.167. The van der Waals surface area contributed by atoms with Gasteiger partial charge in [0.25, 0.3) is 5.91 Å². The van der Waals surface area contributed by atoms with Gasteiger partial charge in [-0.2, -0.15) is 0 Å². The van der Waals surface area contributed by atoms with Gasteiger partial charge in [0.15, 0.2) is 6.61 Å². The van der Waals surface area contributed by atoms with Gasteiger partial charge in [-0.05, 0) is 49.2 Å². The summed E-state index contributed by atoms with van der Waals surface area (Å²) >= 11 is 0. The first-order valence-electron chi connectivity index (χ1n) is 9.61. The van der Waals surface area contributed by atoms with E-state index in [1.807, 2.05) is 73.7 Å². The quantitative estimate of drug-likeness (QED) is 0.653. The normalized spacial score (nSPS) is 14.9. The van der Waals surface area contributed by atoms with E-state index in [1.54, 1.807) is 17.0 Å². The highest BCUT2D eigenvalue weighted by Gasteiger charge is 2.31. The Labute approximate surface area is 169 Å². The van der Waals surface area contributed by atoms with Crippen molar-refractivity contribution in [2.24, 2.45) is 0 Å². The number of nitrogens with zero attached hydrogens (tertiary/aromatic N) is 1. The number of benzene rings is 3. The van der Waals surface area contributed by atoms with Crippen molar-refractivity contribution >= 4 is 28.9 Å². The average molecular weight is 386 g/mol. The van der Waals surface area contributed by atoms with Crippen molar-refractivity contribution < 1.29 is 14.3 Å². The Balaban J connectivity index is 1.45. The number of carbonyl (C=O) groups is 2. The van der Waals surface area contributed by atoms with Crippen LogP contribution in [0.2, 0.25) is 0 Å². The topological polar surface area (TPSA) is 58.6 Å². The summed E-state index contributed by atoms with van der Waals surface area (Å²) in [7, 11) is 0. The summed E-state index contributed by atoms with van der Waals surface area (Å²) < 4.78 is 5.37. The van der Waals surface area contributed by atoms with Crippen LogP contribution in [0.3, 0.4) is 0 Å². The van der Waals surface area contributed by atoms with Crippen LogP contribution in [0, 0.1) is 0 Å². The first kappa shape index (κ1) is 18.7. The van der Waals surface area contributed by atoms with Crippen molar-refractivity contribution in [1.82, 2.24) is 0 Å². The fourth-order valence-electron chi connectivity index (χ4n) is 3.67. The van der Waals surface area contributed by atoms with Gasteiger partial charge in [-0.15, -0.1) is 0 Å². The average Bonchev–Trinajstić information content (AvgIpc) is 3.08. The van der Waals surface area contributed by atoms with E-state index in [-0.39, 0.29) is 18.6 Å². The molecule has 0 radical (unpaired) electrons. The summed E-state index contributed by atoms with van der Waals surface area (Å²) in [6.45, 7) is 1.70. The molecule has 0 fully saturated rings. The number of nitrogens with one attached hydrogen (secondary N) is 1. The van der Waals surface area contributed by atoms with E-state index in [9.17, 15) is 9.59 Å². The third-order valence-electron chi connectivity index (χ3n) is 5.00. The maximum absolute atomic E-state index is 12.8. The zero-order valence-corrected chi connectivity index (χ0v) is 16.2. The number of esters is 1. The monoisotopic (exact) mass is 386 g/mol. The molecule has 3 aromatic carbocycles. The fourth-order valence-corrected chi connectivity index (χ4v) is 3.67. The molecule has 4 rings (SSSR count). The van der Waals surface area contributed by atoms with Crippen LogP contribution in [0.5, 0.6) is 0 Å². The lowest BCUT2D eigenvalue weighted by Crippen LogP contribution is -2.38. The number of anilines is 3. The number of hydrogen-bond acceptors (Lipinski definition) is 4. The van der Waals surface area contributed by atoms with E-state index in [0.717, 1.165) is 23.4 Å². The molecule has 0 saturated heterocycles. The van der Waals surface area contributed by atoms with Gasteiger partial charge < -0.3 is 15.0 Å². The number of hydrogen-bond donors (Lipinski definition) is 1. The molecule has 1 heterocycles. The van der Waals surface area contributed by atoms with E-state index in [1.165, 1.54) is 0 Å². The van der Waals surface area contributed by atoms with Crippen LogP contribution in [-0.4, -0.2) is 24.5 Å². The molecule has 1 N–H and O–H groups in total. The lowest BCUT2D eigenvalue weighted by molar-refractivity contribution is -0.122. The predicted molar refractivity (Wildman–Crippen MR) is 114 cm³/mol. The van der Waals surface area contributed by atoms with Crippen molar-refractivity contribution in [3.05, 3.63) is 90.0 Å². The molecule has 0 unspecified atom stereocenters. The van der Waals surface area contributed by atoms with Gasteiger partial charge in [0.2, 0.25) is 0 Å². The minimum Gasteiger partial charge on any atom is -0.452 e. The van der Waals surface area contributed by atoms with Crippen LogP contribution < -0.4 is 10.2 Å². The molecule has 0 aromatic heterocycles. The molecule has 0 spiro atoms. The van der Waals surface area contributed by atoms with Crippen LogP contribution in [0.25, 0.3) is 0 Å². The molecule has 146 valence electrons. The number of carbonyl (C=O) groups excluding carboxylic acids is 2. The second-order valence-electron chi connectivity index (χ2n) is 7.06. The largest absolute Gasteiger partial charge is 0.452 e. The van der Waals surface area contributed by atoms with E-state index < -0.39 is 5.97 Å². The van der Waals surface area contributed by atoms with Gasteiger partial charge >= 0.3 is 5.97 Å². The maximum Gasteiger partial charge on any atom is 0.340 e. The standard InChI is InChI=1S/C24H22N2O3/c1-17-15-18-9-5-8-14-22(18)26(17)23(27)16-29-24(28)20-12-6-7-13-21(20)25-19-10-3-2-4-11-19/h2-14,17,25H,15-16H2,1H3/t17-/m1/s1. The van der Waals surface area contributed by atoms with Crippen LogP contribution in [0.4, 0.5) is 17.1 Å². The van der Waals surface area contributed by atoms with Crippen molar-refractivity contribution in [1.29, 1.82) is 0 Å². The molecule has 1 amide bonds. The van der Waals surface area contributed by atoms with E-state index in [2.05, 4.69) is 5.32 Å². The van der Waals surface area contributed by atoms with Crippen molar-refractivity contribution in [2.75, 3.05) is 16.8 Å². The van der Waals surface area contributed by atoms with Gasteiger partial charge in [0, 0.05) is 17.4 Å². The summed E-state index contributed by atoms with van der Waals surface area (Å²) in [5, 5.41) is 3.22. The Kier molecular flexibility index (Phi) is 5.29. The summed E-state index contributed by atoms with van der Waals surface area (Å²) in [5.74, 6) is -0.748. The number of amides is 1. The highest BCUT2D eigenvalue weighted by molar-refractivity contribution is 6.01. The molecular formula is C24H22N2O3. The van der Waals surface area contributed by atoms with Gasteiger partial charge in [-0.25, -0.2) is 4.79 Å². The van der Waals surface area contributed by atoms with Crippen LogP contribution >= 0.6 is 0 Å². The van der Waals surface area contributed by atoms with Crippen LogP contribution in [0.1, 0.15) is 22.8 Å². The smallest absolute Gasteiger partial charge is 0.340 e. The van der Waals surface area contributed by atoms with Crippen molar-refractivity contribution in [3.8, 4) is 0 Å². The summed E-state index contributed by atoms with van der Waals surface area (Å²) in [6.07, 6.45) is 0.805. The first-order valence-corrected chi connectivity index (χ1v) is 9.61. The molecule has 3 aromatic rings. The highest BCUT2D eigenvalue weighted by atomic mass is 16.5. The maximum atomic E-state index is 12.8. The summed E-state index contributed by atoms with van der Waals surface area (Å²) in [6, 6.07) is 24.6. The number of rotatable bonds is 5. The number of ether oxygens (including phenoxy) is 1. The van der Waals surface area contributed by atoms with Gasteiger partial charge in [-0.1, -0.05) is 48.5 Å². The lowest BCUT2D eigenvalue weighted by Gasteiger charge is -2.22. The minimum atomic E-state index is -0.530. The highest BCUT2D eigenvalue weighted by Crippen LogP contribution is 2.32. The molecule has 5 heteroatoms. The Morgan fingerprint density at radius 2 is 1.66 bits per heavy atom. The van der Waals surface area contributed by atoms with Crippen molar-refractivity contribution in [3.63, 3.8) is 0 Å². The van der Waals surface area contributed by atoms with Gasteiger partial charge in [-0.3, -0.25) is 4.79 Å². The second kappa shape index (κ2) is 8.19. The summed E-state index contributed by atoms with van der Waals surface area (Å²) in [4.78, 5) is 27.2. The predicted octanol–water partition coefficient (Wildman–Crippen LogP) is 4.56. The number of fused-ring (bicyclic) bond motifs is 1. The second-order valence-corrected chi connectivity index (χ2v) is 7.06. The molecule has 0 saturated carbocycles. The third kappa shape index (κ3) is 3.99. The van der Waals surface area contributed by atoms with Crippen LogP contribution in [-0.2, 0) is 16.0 Å². The Morgan fingerprint density at radius 1 is 0.966 bits per heavy atom. The van der Waals surface area contributed by atoms with E-state index >= 15 is 0 Å². The third-order valence-corrected chi connectivity index (χ3v) is 5.00. The SMILES string of the molecule is C[C@@H]1Cc2ccccc2N1C(=O)COC(=O)c1ccccc1Nc1ccccc1. The minimum absolute atomic E-state index is 0.0469. The van der Waals surface area contributed by atoms with Gasteiger partial charge in [0.05, 0.1) is 11.3 Å². The summed E-state index contributed by atoms with van der Waals surface area (Å²) in [5.41, 5.74) is 3.92. The molecule has 0 aliphatic carbocycles. The molecule has 0 bridgehead atoms. The van der Waals surface area contributed by atoms with Crippen LogP contribution in [0.15, 0.2) is 78.9 Å². The Hall–Kier alpha value is -3.60. The zero-order chi connectivity index (χ0) is 20.2. The zero-order valence-electron chi connectivity index (χ0n) is 16.2. The molecule has 1 aliphatic rings. The van der Waals surface area contributed by atoms with Crippen molar-refractivity contribution in [2.45, 2.75) is 19.4 Å². The molecular weight excluding hydrogens is 364 g/mol. The van der Waals surface area contributed by atoms with E-state index in [4.69, 9.17) is 4.74 Å². The Morgan fingerprint density at radius 3 is 2.48 bits per heavy atom. The van der Waals surface area contributed by atoms with E-state index in [0.29, 0.717) is 11.3 Å². The molecule has 1 aliphatic heterocycles. The number of para-hydroxylation sites is 3.